The zero-order valence-electron chi connectivity index (χ0n) is 15.1. The number of carboxylic acid groups (broad SMARTS) is 1. The number of nitrogens with two attached hydrogens (primary N) is 1. The normalized spacial score (nSPS) is 11.8. The van der Waals surface area contributed by atoms with E-state index in [0.717, 1.165) is 0 Å². The Balaban J connectivity index is 3.04. The second-order valence-electron chi connectivity index (χ2n) is 5.97. The van der Waals surface area contributed by atoms with E-state index in [1.54, 1.807) is 27.7 Å². The molecule has 0 fully saturated rings. The van der Waals surface area contributed by atoms with Crippen LogP contribution in [-0.2, 0) is 20.7 Å². The second-order valence-corrected chi connectivity index (χ2v) is 5.97. The molecule has 0 aromatic heterocycles. The van der Waals surface area contributed by atoms with Crippen molar-refractivity contribution in [1.82, 2.24) is 0 Å². The Morgan fingerprint density at radius 1 is 0.962 bits per heavy atom. The number of aliphatic carboxylic acids is 1. The van der Waals surface area contributed by atoms with Crippen LogP contribution in [0.1, 0.15) is 33.3 Å². The summed E-state index contributed by atoms with van der Waals surface area (Å²) in [5.74, 6) is -1.37. The van der Waals surface area contributed by atoms with Gasteiger partial charge < -0.3 is 29.8 Å². The summed E-state index contributed by atoms with van der Waals surface area (Å²) in [6.07, 6.45) is -2.80. The van der Waals surface area contributed by atoms with E-state index >= 15 is 0 Å². The summed E-state index contributed by atoms with van der Waals surface area (Å²) in [5.41, 5.74) is 5.97. The molecule has 1 rings (SSSR count). The molecule has 0 unspecified atom stereocenters. The van der Waals surface area contributed by atoms with Crippen molar-refractivity contribution < 1.29 is 38.4 Å². The number of hydrogen-bond acceptors (Lipinski definition) is 8. The Morgan fingerprint density at radius 3 is 1.92 bits per heavy atom. The van der Waals surface area contributed by atoms with Crippen molar-refractivity contribution in [1.29, 1.82) is 0 Å². The molecular weight excluding hydrogens is 346 g/mol. The maximum Gasteiger partial charge on any atom is 0.514 e. The van der Waals surface area contributed by atoms with E-state index in [1.165, 1.54) is 18.2 Å². The molecule has 1 atom stereocenters. The van der Waals surface area contributed by atoms with Gasteiger partial charge in [0.25, 0.3) is 0 Å². The molecule has 0 heterocycles. The Bertz CT molecular complexity index is 656. The fourth-order valence-corrected chi connectivity index (χ4v) is 1.80. The highest BCUT2D eigenvalue weighted by molar-refractivity contribution is 5.74. The number of carboxylic acids is 1. The Labute approximate surface area is 151 Å². The zero-order valence-corrected chi connectivity index (χ0v) is 15.1. The predicted octanol–water partition coefficient (Wildman–Crippen LogP) is 2.49. The molecule has 3 N–H and O–H groups in total. The SMILES string of the molecule is CC(C)OC(=O)Oc1ccc(C[C@H](N)C(=O)O)cc1OC(=O)OC(C)C. The van der Waals surface area contributed by atoms with Crippen LogP contribution in [0, 0.1) is 0 Å². The summed E-state index contributed by atoms with van der Waals surface area (Å²) in [6, 6.07) is 3.07. The predicted molar refractivity (Wildman–Crippen MR) is 90.2 cm³/mol. The minimum absolute atomic E-state index is 0.0123. The number of ether oxygens (including phenoxy) is 4. The molecule has 0 aliphatic rings. The Morgan fingerprint density at radius 2 is 1.46 bits per heavy atom. The van der Waals surface area contributed by atoms with Gasteiger partial charge in [-0.15, -0.1) is 0 Å². The first-order valence-electron chi connectivity index (χ1n) is 7.96. The summed E-state index contributed by atoms with van der Waals surface area (Å²) >= 11 is 0. The first-order chi connectivity index (χ1) is 12.1. The molecule has 0 amide bonds. The van der Waals surface area contributed by atoms with E-state index in [-0.39, 0.29) is 17.9 Å². The standard InChI is InChI=1S/C17H23NO8/c1-9(2)23-16(21)25-13-6-5-11(7-12(18)15(19)20)8-14(13)26-17(22)24-10(3)4/h5-6,8-10,12H,7,18H2,1-4H3,(H,19,20)/t12-/m0/s1. The third-order valence-corrected chi connectivity index (χ3v) is 2.83. The van der Waals surface area contributed by atoms with E-state index in [0.29, 0.717) is 5.56 Å². The summed E-state index contributed by atoms with van der Waals surface area (Å²) in [4.78, 5) is 34.3. The molecule has 9 heteroatoms. The number of carbonyl (C=O) groups excluding carboxylic acids is 2. The summed E-state index contributed by atoms with van der Waals surface area (Å²) < 4.78 is 19.9. The van der Waals surface area contributed by atoms with E-state index in [4.69, 9.17) is 29.8 Å². The number of benzene rings is 1. The van der Waals surface area contributed by atoms with Crippen molar-refractivity contribution in [2.45, 2.75) is 52.4 Å². The lowest BCUT2D eigenvalue weighted by Gasteiger charge is -2.14. The van der Waals surface area contributed by atoms with Crippen molar-refractivity contribution in [3.8, 4) is 11.5 Å². The van der Waals surface area contributed by atoms with Gasteiger partial charge in [-0.05, 0) is 51.8 Å². The molecule has 9 nitrogen and oxygen atoms in total. The molecule has 0 aliphatic carbocycles. The minimum Gasteiger partial charge on any atom is -0.480 e. The van der Waals surface area contributed by atoms with Gasteiger partial charge in [0, 0.05) is 0 Å². The molecule has 0 saturated carbocycles. The highest BCUT2D eigenvalue weighted by Crippen LogP contribution is 2.30. The molecule has 0 bridgehead atoms. The van der Waals surface area contributed by atoms with Crippen molar-refractivity contribution in [3.05, 3.63) is 23.8 Å². The molecule has 0 aliphatic heterocycles. The van der Waals surface area contributed by atoms with Gasteiger partial charge >= 0.3 is 18.3 Å². The number of rotatable bonds is 7. The highest BCUT2D eigenvalue weighted by atomic mass is 16.7. The summed E-state index contributed by atoms with van der Waals surface area (Å²) in [5, 5.41) is 8.90. The van der Waals surface area contributed by atoms with E-state index in [9.17, 15) is 14.4 Å². The lowest BCUT2D eigenvalue weighted by atomic mass is 10.1. The van der Waals surface area contributed by atoms with Crippen LogP contribution in [-0.4, -0.2) is 41.6 Å². The van der Waals surface area contributed by atoms with Gasteiger partial charge in [-0.3, -0.25) is 4.79 Å². The lowest BCUT2D eigenvalue weighted by Crippen LogP contribution is -2.32. The molecule has 144 valence electrons. The van der Waals surface area contributed by atoms with E-state index in [1.807, 2.05) is 0 Å². The van der Waals surface area contributed by atoms with Crippen LogP contribution in [0.15, 0.2) is 18.2 Å². The Hall–Kier alpha value is -2.81. The van der Waals surface area contributed by atoms with E-state index in [2.05, 4.69) is 0 Å². The van der Waals surface area contributed by atoms with Crippen LogP contribution < -0.4 is 15.2 Å². The van der Waals surface area contributed by atoms with Gasteiger partial charge in [0.15, 0.2) is 11.5 Å². The quantitative estimate of drug-likeness (QED) is 0.549. The molecule has 26 heavy (non-hydrogen) atoms. The topological polar surface area (TPSA) is 134 Å². The molecule has 0 spiro atoms. The average Bonchev–Trinajstić information content (AvgIpc) is 2.47. The van der Waals surface area contributed by atoms with Gasteiger partial charge in [-0.25, -0.2) is 9.59 Å². The fourth-order valence-electron chi connectivity index (χ4n) is 1.80. The van der Waals surface area contributed by atoms with Crippen LogP contribution in [0.2, 0.25) is 0 Å². The number of carbonyl (C=O) groups is 3. The fraction of sp³-hybridized carbons (Fsp3) is 0.471. The van der Waals surface area contributed by atoms with Crippen molar-refractivity contribution >= 4 is 18.3 Å². The van der Waals surface area contributed by atoms with Crippen LogP contribution in [0.25, 0.3) is 0 Å². The molecule has 0 saturated heterocycles. The third-order valence-electron chi connectivity index (χ3n) is 2.83. The highest BCUT2D eigenvalue weighted by Gasteiger charge is 2.19. The molecule has 1 aromatic carbocycles. The van der Waals surface area contributed by atoms with Crippen molar-refractivity contribution in [2.24, 2.45) is 5.73 Å². The minimum atomic E-state index is -1.17. The molecular formula is C17H23NO8. The molecule has 0 radical (unpaired) electrons. The van der Waals surface area contributed by atoms with Crippen molar-refractivity contribution in [3.63, 3.8) is 0 Å². The van der Waals surface area contributed by atoms with Gasteiger partial charge in [0.05, 0.1) is 12.2 Å². The van der Waals surface area contributed by atoms with Crippen molar-refractivity contribution in [2.75, 3.05) is 0 Å². The summed E-state index contributed by atoms with van der Waals surface area (Å²) in [6.45, 7) is 6.58. The maximum absolute atomic E-state index is 11.7. The lowest BCUT2D eigenvalue weighted by molar-refractivity contribution is -0.138. The summed E-state index contributed by atoms with van der Waals surface area (Å²) in [7, 11) is 0. The van der Waals surface area contributed by atoms with Crippen LogP contribution in [0.3, 0.4) is 0 Å². The van der Waals surface area contributed by atoms with Gasteiger partial charge in [0.1, 0.15) is 6.04 Å². The molecule has 1 aromatic rings. The van der Waals surface area contributed by atoms with Gasteiger partial charge in [-0.2, -0.15) is 0 Å². The first kappa shape index (κ1) is 21.2. The maximum atomic E-state index is 11.7. The zero-order chi connectivity index (χ0) is 19.9. The van der Waals surface area contributed by atoms with E-state index < -0.39 is 36.5 Å². The van der Waals surface area contributed by atoms with Gasteiger partial charge in [0.2, 0.25) is 0 Å². The average molecular weight is 369 g/mol. The van der Waals surface area contributed by atoms with Gasteiger partial charge in [-0.1, -0.05) is 6.07 Å². The van der Waals surface area contributed by atoms with Crippen LogP contribution in [0.4, 0.5) is 9.59 Å². The van der Waals surface area contributed by atoms with Crippen LogP contribution >= 0.6 is 0 Å². The second kappa shape index (κ2) is 9.62. The third kappa shape index (κ3) is 7.39. The monoisotopic (exact) mass is 369 g/mol. The van der Waals surface area contributed by atoms with Crippen LogP contribution in [0.5, 0.6) is 11.5 Å². The first-order valence-corrected chi connectivity index (χ1v) is 7.96. The number of hydrogen-bond donors (Lipinski definition) is 2. The smallest absolute Gasteiger partial charge is 0.480 e. The Kier molecular flexibility index (Phi) is 7.85. The largest absolute Gasteiger partial charge is 0.514 e.